The molecule has 1 aromatic rings. The Balaban J connectivity index is 2.17. The third kappa shape index (κ3) is 2.30. The number of ether oxygens (including phenoxy) is 1. The number of carbonyl (C=O) groups is 2. The first-order chi connectivity index (χ1) is 8.63. The van der Waals surface area contributed by atoms with Gasteiger partial charge in [0.05, 0.1) is 7.11 Å². The van der Waals surface area contributed by atoms with E-state index in [1.807, 2.05) is 0 Å². The number of aromatic hydroxyl groups is 1. The number of nitrogens with zero attached hydrogens (tertiary/aromatic N) is 1. The van der Waals surface area contributed by atoms with Crippen LogP contribution in [0.5, 0.6) is 5.75 Å². The highest BCUT2D eigenvalue weighted by Gasteiger charge is 2.35. The van der Waals surface area contributed by atoms with Gasteiger partial charge in [-0.15, -0.1) is 0 Å². The molecule has 0 saturated carbocycles. The van der Waals surface area contributed by atoms with Crippen molar-refractivity contribution in [3.05, 3.63) is 29.8 Å². The molecule has 1 N–H and O–H groups in total. The van der Waals surface area contributed by atoms with Crippen molar-refractivity contribution in [2.75, 3.05) is 13.7 Å². The SMILES string of the molecule is COC(=O)[C@@H]1CCCN1C(=O)c1ccc(O)cc1. The van der Waals surface area contributed by atoms with E-state index >= 15 is 0 Å². The second-order valence-corrected chi connectivity index (χ2v) is 4.23. The van der Waals surface area contributed by atoms with Crippen molar-refractivity contribution in [2.24, 2.45) is 0 Å². The Morgan fingerprint density at radius 3 is 2.61 bits per heavy atom. The summed E-state index contributed by atoms with van der Waals surface area (Å²) in [6.45, 7) is 0.555. The molecule has 96 valence electrons. The second kappa shape index (κ2) is 5.08. The van der Waals surface area contributed by atoms with E-state index in [4.69, 9.17) is 4.74 Å². The molecule has 5 nitrogen and oxygen atoms in total. The van der Waals surface area contributed by atoms with Gasteiger partial charge >= 0.3 is 5.97 Å². The topological polar surface area (TPSA) is 66.8 Å². The summed E-state index contributed by atoms with van der Waals surface area (Å²) in [5.74, 6) is -0.472. The molecule has 0 bridgehead atoms. The number of rotatable bonds is 2. The Hall–Kier alpha value is -2.04. The van der Waals surface area contributed by atoms with Gasteiger partial charge in [-0.1, -0.05) is 0 Å². The smallest absolute Gasteiger partial charge is 0.328 e. The minimum atomic E-state index is -0.490. The minimum absolute atomic E-state index is 0.109. The van der Waals surface area contributed by atoms with Crippen LogP contribution in [0.4, 0.5) is 0 Å². The second-order valence-electron chi connectivity index (χ2n) is 4.23. The summed E-state index contributed by atoms with van der Waals surface area (Å²) in [5.41, 5.74) is 0.462. The molecule has 1 aliphatic rings. The summed E-state index contributed by atoms with van der Waals surface area (Å²) in [5, 5.41) is 9.18. The highest BCUT2D eigenvalue weighted by atomic mass is 16.5. The zero-order valence-electron chi connectivity index (χ0n) is 10.1. The maximum atomic E-state index is 12.2. The number of likely N-dealkylation sites (tertiary alicyclic amines) is 1. The molecule has 1 aromatic carbocycles. The quantitative estimate of drug-likeness (QED) is 0.799. The van der Waals surface area contributed by atoms with Crippen LogP contribution in [0.15, 0.2) is 24.3 Å². The first-order valence-corrected chi connectivity index (χ1v) is 5.81. The molecular weight excluding hydrogens is 234 g/mol. The molecule has 1 saturated heterocycles. The molecule has 5 heteroatoms. The van der Waals surface area contributed by atoms with Crippen LogP contribution < -0.4 is 0 Å². The van der Waals surface area contributed by atoms with Gasteiger partial charge in [0.2, 0.25) is 0 Å². The number of esters is 1. The van der Waals surface area contributed by atoms with Crippen LogP contribution in [0.1, 0.15) is 23.2 Å². The zero-order valence-corrected chi connectivity index (χ0v) is 10.1. The van der Waals surface area contributed by atoms with Crippen LogP contribution in [0.3, 0.4) is 0 Å². The molecular formula is C13H15NO4. The van der Waals surface area contributed by atoms with Crippen LogP contribution in [0, 0.1) is 0 Å². The first kappa shape index (κ1) is 12.4. The molecule has 1 atom stereocenters. The Morgan fingerprint density at radius 1 is 1.33 bits per heavy atom. The van der Waals surface area contributed by atoms with E-state index in [9.17, 15) is 14.7 Å². The van der Waals surface area contributed by atoms with Crippen LogP contribution >= 0.6 is 0 Å². The van der Waals surface area contributed by atoms with Crippen molar-refractivity contribution < 1.29 is 19.4 Å². The van der Waals surface area contributed by atoms with E-state index < -0.39 is 6.04 Å². The molecule has 1 heterocycles. The van der Waals surface area contributed by atoms with Crippen molar-refractivity contribution in [2.45, 2.75) is 18.9 Å². The Morgan fingerprint density at radius 2 is 2.00 bits per heavy atom. The average Bonchev–Trinajstić information content (AvgIpc) is 2.87. The number of phenolic OH excluding ortho intramolecular Hbond substituents is 1. The zero-order chi connectivity index (χ0) is 13.1. The fraction of sp³-hybridized carbons (Fsp3) is 0.385. The summed E-state index contributed by atoms with van der Waals surface area (Å²) >= 11 is 0. The third-order valence-corrected chi connectivity index (χ3v) is 3.10. The van der Waals surface area contributed by atoms with Crippen LogP contribution in [-0.4, -0.2) is 41.6 Å². The Labute approximate surface area is 105 Å². The largest absolute Gasteiger partial charge is 0.508 e. The van der Waals surface area contributed by atoms with Crippen LogP contribution in [0.25, 0.3) is 0 Å². The molecule has 1 aliphatic heterocycles. The minimum Gasteiger partial charge on any atom is -0.508 e. The predicted octanol–water partition coefficient (Wildman–Crippen LogP) is 1.17. The van der Waals surface area contributed by atoms with Gasteiger partial charge in [-0.3, -0.25) is 4.79 Å². The summed E-state index contributed by atoms with van der Waals surface area (Å²) < 4.78 is 4.70. The third-order valence-electron chi connectivity index (χ3n) is 3.10. The lowest BCUT2D eigenvalue weighted by molar-refractivity contribution is -0.145. The lowest BCUT2D eigenvalue weighted by Crippen LogP contribution is -2.41. The summed E-state index contributed by atoms with van der Waals surface area (Å²) in [7, 11) is 1.32. The maximum Gasteiger partial charge on any atom is 0.328 e. The molecule has 18 heavy (non-hydrogen) atoms. The average molecular weight is 249 g/mol. The van der Waals surface area contributed by atoms with Gasteiger partial charge in [0, 0.05) is 12.1 Å². The van der Waals surface area contributed by atoms with Crippen molar-refractivity contribution in [3.63, 3.8) is 0 Å². The maximum absolute atomic E-state index is 12.2. The highest BCUT2D eigenvalue weighted by molar-refractivity contribution is 5.97. The molecule has 0 aliphatic carbocycles. The number of methoxy groups -OCH3 is 1. The van der Waals surface area contributed by atoms with Gasteiger partial charge in [0.25, 0.3) is 5.91 Å². The standard InChI is InChI=1S/C13H15NO4/c1-18-13(17)11-3-2-8-14(11)12(16)9-4-6-10(15)7-5-9/h4-7,11,15H,2-3,8H2,1H3/t11-/m0/s1. The van der Waals surface area contributed by atoms with E-state index in [0.717, 1.165) is 6.42 Å². The fourth-order valence-electron chi connectivity index (χ4n) is 2.16. The van der Waals surface area contributed by atoms with E-state index in [1.54, 1.807) is 12.1 Å². The molecule has 0 unspecified atom stereocenters. The molecule has 0 aromatic heterocycles. The number of hydrogen-bond donors (Lipinski definition) is 1. The van der Waals surface area contributed by atoms with E-state index in [-0.39, 0.29) is 17.6 Å². The van der Waals surface area contributed by atoms with Crippen molar-refractivity contribution in [3.8, 4) is 5.75 Å². The summed E-state index contributed by atoms with van der Waals surface area (Å²) in [4.78, 5) is 25.3. The van der Waals surface area contributed by atoms with Crippen LogP contribution in [-0.2, 0) is 9.53 Å². The number of phenols is 1. The van der Waals surface area contributed by atoms with E-state index in [1.165, 1.54) is 24.1 Å². The van der Waals surface area contributed by atoms with Crippen molar-refractivity contribution in [1.82, 2.24) is 4.90 Å². The predicted molar refractivity (Wildman–Crippen MR) is 64.2 cm³/mol. The number of hydrogen-bond acceptors (Lipinski definition) is 4. The van der Waals surface area contributed by atoms with Gasteiger partial charge < -0.3 is 14.7 Å². The normalized spacial score (nSPS) is 18.7. The van der Waals surface area contributed by atoms with Gasteiger partial charge in [-0.05, 0) is 37.1 Å². The van der Waals surface area contributed by atoms with Gasteiger partial charge in [-0.25, -0.2) is 4.79 Å². The van der Waals surface area contributed by atoms with E-state index in [0.29, 0.717) is 18.5 Å². The summed E-state index contributed by atoms with van der Waals surface area (Å²) in [6.07, 6.45) is 1.43. The van der Waals surface area contributed by atoms with Gasteiger partial charge in [0.1, 0.15) is 11.8 Å². The molecule has 0 radical (unpaired) electrons. The first-order valence-electron chi connectivity index (χ1n) is 5.81. The molecule has 1 amide bonds. The van der Waals surface area contributed by atoms with E-state index in [2.05, 4.69) is 0 Å². The van der Waals surface area contributed by atoms with Gasteiger partial charge in [-0.2, -0.15) is 0 Å². The van der Waals surface area contributed by atoms with Crippen molar-refractivity contribution in [1.29, 1.82) is 0 Å². The molecule has 1 fully saturated rings. The van der Waals surface area contributed by atoms with Gasteiger partial charge in [0.15, 0.2) is 0 Å². The number of carbonyl (C=O) groups excluding carboxylic acids is 2. The Bertz CT molecular complexity index is 455. The monoisotopic (exact) mass is 249 g/mol. The number of benzene rings is 1. The molecule has 0 spiro atoms. The Kier molecular flexibility index (Phi) is 3.50. The lowest BCUT2D eigenvalue weighted by Gasteiger charge is -2.22. The molecule has 2 rings (SSSR count). The lowest BCUT2D eigenvalue weighted by atomic mass is 10.1. The summed E-state index contributed by atoms with van der Waals surface area (Å²) in [6, 6.07) is 5.51. The van der Waals surface area contributed by atoms with Crippen molar-refractivity contribution >= 4 is 11.9 Å². The number of amides is 1. The van der Waals surface area contributed by atoms with Crippen LogP contribution in [0.2, 0.25) is 0 Å². The fourth-order valence-corrected chi connectivity index (χ4v) is 2.16. The highest BCUT2D eigenvalue weighted by Crippen LogP contribution is 2.21.